The first-order chi connectivity index (χ1) is 8.59. The van der Waals surface area contributed by atoms with E-state index in [0.717, 1.165) is 25.7 Å². The summed E-state index contributed by atoms with van der Waals surface area (Å²) in [4.78, 5) is 0. The van der Waals surface area contributed by atoms with E-state index in [4.69, 9.17) is 0 Å². The average Bonchev–Trinajstić information content (AvgIpc) is 2.38. The second-order valence-electron chi connectivity index (χ2n) is 4.73. The Bertz CT molecular complexity index is 401. The van der Waals surface area contributed by atoms with Crippen LogP contribution in [-0.2, 0) is 0 Å². The van der Waals surface area contributed by atoms with Gasteiger partial charge in [-0.25, -0.2) is 17.6 Å². The lowest BCUT2D eigenvalue weighted by molar-refractivity contribution is 0.371. The fraction of sp³-hybridized carbons (Fsp3) is 0.538. The molecule has 1 aliphatic carbocycles. The van der Waals surface area contributed by atoms with Crippen molar-refractivity contribution in [2.75, 3.05) is 11.9 Å². The molecule has 1 aromatic carbocycles. The number of rotatable bonds is 3. The van der Waals surface area contributed by atoms with Gasteiger partial charge >= 0.3 is 0 Å². The maximum absolute atomic E-state index is 13.4. The van der Waals surface area contributed by atoms with Crippen molar-refractivity contribution in [3.05, 3.63) is 29.3 Å². The first-order valence-electron chi connectivity index (χ1n) is 6.16. The Kier molecular flexibility index (Phi) is 4.09. The lowest BCUT2D eigenvalue weighted by atomic mass is 9.89. The van der Waals surface area contributed by atoms with Gasteiger partial charge in [-0.15, -0.1) is 0 Å². The summed E-state index contributed by atoms with van der Waals surface area (Å²) in [5.74, 6) is -5.15. The fourth-order valence-electron chi connectivity index (χ4n) is 2.37. The Hall–Kier alpha value is -1.26. The SMILES string of the molecule is Fc1cc(F)c(F)c(NCC2CCCCC2)c1F. The number of anilines is 1. The highest BCUT2D eigenvalue weighted by Gasteiger charge is 2.20. The molecule has 1 nitrogen and oxygen atoms in total. The van der Waals surface area contributed by atoms with Crippen molar-refractivity contribution in [3.63, 3.8) is 0 Å². The molecule has 100 valence electrons. The van der Waals surface area contributed by atoms with Gasteiger partial charge in [0.2, 0.25) is 0 Å². The lowest BCUT2D eigenvalue weighted by Gasteiger charge is -2.22. The summed E-state index contributed by atoms with van der Waals surface area (Å²) in [6.45, 7) is 0.344. The van der Waals surface area contributed by atoms with Gasteiger partial charge in [-0.2, -0.15) is 0 Å². The third-order valence-corrected chi connectivity index (χ3v) is 3.40. The van der Waals surface area contributed by atoms with Crippen LogP contribution in [0.15, 0.2) is 6.07 Å². The molecule has 0 radical (unpaired) electrons. The molecule has 18 heavy (non-hydrogen) atoms. The van der Waals surface area contributed by atoms with Crippen molar-refractivity contribution in [2.45, 2.75) is 32.1 Å². The number of benzene rings is 1. The normalized spacial score (nSPS) is 16.9. The van der Waals surface area contributed by atoms with Gasteiger partial charge in [-0.1, -0.05) is 19.3 Å². The lowest BCUT2D eigenvalue weighted by Crippen LogP contribution is -2.19. The van der Waals surface area contributed by atoms with Crippen LogP contribution in [-0.4, -0.2) is 6.54 Å². The third-order valence-electron chi connectivity index (χ3n) is 3.40. The molecular formula is C13H15F4N. The molecule has 1 saturated carbocycles. The predicted octanol–water partition coefficient (Wildman–Crippen LogP) is 4.24. The minimum Gasteiger partial charge on any atom is -0.380 e. The van der Waals surface area contributed by atoms with Crippen LogP contribution in [0, 0.1) is 29.2 Å². The second kappa shape index (κ2) is 5.59. The zero-order valence-electron chi connectivity index (χ0n) is 9.91. The first-order valence-corrected chi connectivity index (χ1v) is 6.16. The van der Waals surface area contributed by atoms with Gasteiger partial charge in [-0.3, -0.25) is 0 Å². The molecule has 0 spiro atoms. The van der Waals surface area contributed by atoms with Crippen LogP contribution in [0.5, 0.6) is 0 Å². The van der Waals surface area contributed by atoms with Crippen LogP contribution >= 0.6 is 0 Å². The van der Waals surface area contributed by atoms with Gasteiger partial charge in [0, 0.05) is 12.6 Å². The highest BCUT2D eigenvalue weighted by Crippen LogP contribution is 2.27. The molecular weight excluding hydrogens is 246 g/mol. The van der Waals surface area contributed by atoms with E-state index in [1.807, 2.05) is 0 Å². The third kappa shape index (κ3) is 2.76. The highest BCUT2D eigenvalue weighted by molar-refractivity contribution is 5.47. The molecule has 0 bridgehead atoms. The minimum atomic E-state index is -1.37. The molecule has 5 heteroatoms. The van der Waals surface area contributed by atoms with Gasteiger partial charge in [0.1, 0.15) is 5.69 Å². The Balaban J connectivity index is 2.08. The van der Waals surface area contributed by atoms with E-state index < -0.39 is 29.0 Å². The standard InChI is InChI=1S/C13H15F4N/c14-9-6-10(15)12(17)13(11(9)16)18-7-8-4-2-1-3-5-8/h6,8,18H,1-5,7H2. The summed E-state index contributed by atoms with van der Waals surface area (Å²) in [6, 6.07) is 0.219. The summed E-state index contributed by atoms with van der Waals surface area (Å²) in [7, 11) is 0. The van der Waals surface area contributed by atoms with E-state index in [1.165, 1.54) is 6.42 Å². The van der Waals surface area contributed by atoms with Crippen LogP contribution in [0.3, 0.4) is 0 Å². The maximum Gasteiger partial charge on any atom is 0.185 e. The number of hydrogen-bond donors (Lipinski definition) is 1. The summed E-state index contributed by atoms with van der Waals surface area (Å²) < 4.78 is 52.6. The molecule has 0 unspecified atom stereocenters. The summed E-state index contributed by atoms with van der Waals surface area (Å²) in [5.41, 5.74) is -0.696. The van der Waals surface area contributed by atoms with Gasteiger partial charge in [0.05, 0.1) is 0 Å². The summed E-state index contributed by atoms with van der Waals surface area (Å²) in [5, 5.41) is 2.50. The molecule has 1 aromatic rings. The highest BCUT2D eigenvalue weighted by atomic mass is 19.2. The Morgan fingerprint density at radius 2 is 1.50 bits per heavy atom. The Morgan fingerprint density at radius 1 is 0.944 bits per heavy atom. The van der Waals surface area contributed by atoms with Crippen molar-refractivity contribution in [2.24, 2.45) is 5.92 Å². The quantitative estimate of drug-likeness (QED) is 0.634. The maximum atomic E-state index is 13.4. The van der Waals surface area contributed by atoms with Crippen molar-refractivity contribution in [3.8, 4) is 0 Å². The van der Waals surface area contributed by atoms with E-state index in [9.17, 15) is 17.6 Å². The zero-order chi connectivity index (χ0) is 13.1. The molecule has 0 aromatic heterocycles. The Morgan fingerprint density at radius 3 is 2.06 bits per heavy atom. The molecule has 1 aliphatic rings. The topological polar surface area (TPSA) is 12.0 Å². The second-order valence-corrected chi connectivity index (χ2v) is 4.73. The molecule has 1 N–H and O–H groups in total. The number of hydrogen-bond acceptors (Lipinski definition) is 1. The summed E-state index contributed by atoms with van der Waals surface area (Å²) >= 11 is 0. The van der Waals surface area contributed by atoms with Crippen molar-refractivity contribution >= 4 is 5.69 Å². The fourth-order valence-corrected chi connectivity index (χ4v) is 2.37. The first kappa shape index (κ1) is 13.2. The largest absolute Gasteiger partial charge is 0.380 e. The molecule has 0 heterocycles. The van der Waals surface area contributed by atoms with Crippen molar-refractivity contribution in [1.82, 2.24) is 0 Å². The number of halogens is 4. The van der Waals surface area contributed by atoms with Gasteiger partial charge < -0.3 is 5.32 Å². The van der Waals surface area contributed by atoms with Gasteiger partial charge in [0.15, 0.2) is 23.3 Å². The number of nitrogens with one attached hydrogen (secondary N) is 1. The summed E-state index contributed by atoms with van der Waals surface area (Å²) in [6.07, 6.45) is 5.32. The van der Waals surface area contributed by atoms with E-state index in [2.05, 4.69) is 5.32 Å². The van der Waals surface area contributed by atoms with Crippen LogP contribution in [0.1, 0.15) is 32.1 Å². The Labute approximate surface area is 103 Å². The van der Waals surface area contributed by atoms with Gasteiger partial charge in [-0.05, 0) is 18.8 Å². The van der Waals surface area contributed by atoms with E-state index in [0.29, 0.717) is 12.5 Å². The predicted molar refractivity (Wildman–Crippen MR) is 61.3 cm³/mol. The molecule has 1 fully saturated rings. The molecule has 0 atom stereocenters. The van der Waals surface area contributed by atoms with E-state index in [-0.39, 0.29) is 6.07 Å². The smallest absolute Gasteiger partial charge is 0.185 e. The molecule has 0 amide bonds. The average molecular weight is 261 g/mol. The van der Waals surface area contributed by atoms with Crippen molar-refractivity contribution in [1.29, 1.82) is 0 Å². The van der Waals surface area contributed by atoms with E-state index in [1.54, 1.807) is 0 Å². The van der Waals surface area contributed by atoms with Crippen molar-refractivity contribution < 1.29 is 17.6 Å². The minimum absolute atomic E-state index is 0.219. The monoisotopic (exact) mass is 261 g/mol. The van der Waals surface area contributed by atoms with Crippen LogP contribution in [0.25, 0.3) is 0 Å². The molecule has 0 aliphatic heterocycles. The molecule has 2 rings (SSSR count). The van der Waals surface area contributed by atoms with Crippen LogP contribution < -0.4 is 5.32 Å². The zero-order valence-corrected chi connectivity index (χ0v) is 9.91. The molecule has 0 saturated heterocycles. The van der Waals surface area contributed by atoms with Crippen LogP contribution in [0.2, 0.25) is 0 Å². The van der Waals surface area contributed by atoms with E-state index >= 15 is 0 Å². The van der Waals surface area contributed by atoms with Crippen LogP contribution in [0.4, 0.5) is 23.2 Å². The van der Waals surface area contributed by atoms with Gasteiger partial charge in [0.25, 0.3) is 0 Å².